The maximum absolute atomic E-state index is 11.6. The minimum Gasteiger partial charge on any atom is -0.355 e. The molecule has 0 radical (unpaired) electrons. The van der Waals surface area contributed by atoms with Crippen molar-refractivity contribution in [2.75, 3.05) is 25.4 Å². The van der Waals surface area contributed by atoms with Gasteiger partial charge in [-0.2, -0.15) is 0 Å². The number of hydrogen-bond acceptors (Lipinski definition) is 4. The van der Waals surface area contributed by atoms with Gasteiger partial charge in [0.2, 0.25) is 15.9 Å². The van der Waals surface area contributed by atoms with Crippen molar-refractivity contribution in [2.24, 2.45) is 11.7 Å². The third kappa shape index (κ3) is 7.30. The summed E-state index contributed by atoms with van der Waals surface area (Å²) in [5.74, 6) is -0.487. The van der Waals surface area contributed by atoms with Crippen molar-refractivity contribution < 1.29 is 13.2 Å². The van der Waals surface area contributed by atoms with Crippen LogP contribution in [-0.4, -0.2) is 39.7 Å². The fourth-order valence-corrected chi connectivity index (χ4v) is 2.40. The first-order chi connectivity index (χ1) is 7.96. The molecule has 0 bridgehead atoms. The average molecular weight is 265 g/mol. The van der Waals surface area contributed by atoms with Crippen LogP contribution in [0, 0.1) is 5.92 Å². The average Bonchev–Trinajstić information content (AvgIpc) is 2.25. The SMILES string of the molecule is CCCC(CN)C(=O)NCCS(=O)(=O)NCC. The van der Waals surface area contributed by atoms with Gasteiger partial charge in [-0.25, -0.2) is 13.1 Å². The highest BCUT2D eigenvalue weighted by Crippen LogP contribution is 2.03. The largest absolute Gasteiger partial charge is 0.355 e. The molecule has 0 saturated carbocycles. The Morgan fingerprint density at radius 3 is 2.47 bits per heavy atom. The number of nitrogens with one attached hydrogen (secondary N) is 2. The van der Waals surface area contributed by atoms with Gasteiger partial charge in [-0.05, 0) is 6.42 Å². The van der Waals surface area contributed by atoms with Crippen molar-refractivity contribution in [3.63, 3.8) is 0 Å². The predicted molar refractivity (Wildman–Crippen MR) is 67.9 cm³/mol. The Bertz CT molecular complexity index is 317. The molecule has 0 spiro atoms. The normalized spacial score (nSPS) is 13.4. The summed E-state index contributed by atoms with van der Waals surface area (Å²) >= 11 is 0. The predicted octanol–water partition coefficient (Wildman–Crippen LogP) is -0.583. The summed E-state index contributed by atoms with van der Waals surface area (Å²) in [6, 6.07) is 0. The first-order valence-corrected chi connectivity index (χ1v) is 7.57. The summed E-state index contributed by atoms with van der Waals surface area (Å²) in [6.45, 7) is 4.46. The van der Waals surface area contributed by atoms with Crippen LogP contribution in [0.15, 0.2) is 0 Å². The van der Waals surface area contributed by atoms with Gasteiger partial charge in [0.15, 0.2) is 0 Å². The minimum atomic E-state index is -3.27. The Morgan fingerprint density at radius 2 is 2.00 bits per heavy atom. The van der Waals surface area contributed by atoms with E-state index in [1.54, 1.807) is 6.92 Å². The van der Waals surface area contributed by atoms with Crippen LogP contribution < -0.4 is 15.8 Å². The molecule has 1 unspecified atom stereocenters. The quantitative estimate of drug-likeness (QED) is 0.519. The first-order valence-electron chi connectivity index (χ1n) is 5.91. The molecule has 0 aliphatic carbocycles. The number of carbonyl (C=O) groups is 1. The highest BCUT2D eigenvalue weighted by Gasteiger charge is 2.16. The van der Waals surface area contributed by atoms with Gasteiger partial charge in [-0.15, -0.1) is 0 Å². The summed E-state index contributed by atoms with van der Waals surface area (Å²) in [6.07, 6.45) is 1.60. The molecule has 4 N–H and O–H groups in total. The van der Waals surface area contributed by atoms with E-state index in [-0.39, 0.29) is 24.1 Å². The molecule has 0 aromatic rings. The Morgan fingerprint density at radius 1 is 1.35 bits per heavy atom. The lowest BCUT2D eigenvalue weighted by Gasteiger charge is -2.13. The molecule has 0 aromatic heterocycles. The lowest BCUT2D eigenvalue weighted by molar-refractivity contribution is -0.124. The number of hydrogen-bond donors (Lipinski definition) is 3. The standard InChI is InChI=1S/C10H23N3O3S/c1-3-5-9(8-11)10(14)12-6-7-17(15,16)13-4-2/h9,13H,3-8,11H2,1-2H3,(H,12,14). The molecule has 0 aliphatic rings. The third-order valence-electron chi connectivity index (χ3n) is 2.33. The van der Waals surface area contributed by atoms with Crippen LogP contribution in [0.1, 0.15) is 26.7 Å². The van der Waals surface area contributed by atoms with E-state index in [1.165, 1.54) is 0 Å². The Labute approximate surface area is 103 Å². The molecule has 6 nitrogen and oxygen atoms in total. The second-order valence-electron chi connectivity index (χ2n) is 3.83. The lowest BCUT2D eigenvalue weighted by atomic mass is 10.0. The van der Waals surface area contributed by atoms with Crippen molar-refractivity contribution in [3.05, 3.63) is 0 Å². The van der Waals surface area contributed by atoms with Gasteiger partial charge < -0.3 is 11.1 Å². The smallest absolute Gasteiger partial charge is 0.224 e. The maximum atomic E-state index is 11.6. The molecule has 7 heteroatoms. The monoisotopic (exact) mass is 265 g/mol. The van der Waals surface area contributed by atoms with E-state index in [4.69, 9.17) is 5.73 Å². The van der Waals surface area contributed by atoms with Crippen molar-refractivity contribution in [1.82, 2.24) is 10.0 Å². The molecular weight excluding hydrogens is 242 g/mol. The third-order valence-corrected chi connectivity index (χ3v) is 3.80. The Balaban J connectivity index is 3.99. The number of carbonyl (C=O) groups excluding carboxylic acids is 1. The highest BCUT2D eigenvalue weighted by atomic mass is 32.2. The molecular formula is C10H23N3O3S. The summed E-state index contributed by atoms with van der Waals surface area (Å²) in [7, 11) is -3.27. The zero-order valence-electron chi connectivity index (χ0n) is 10.5. The van der Waals surface area contributed by atoms with Gasteiger partial charge in [0, 0.05) is 19.6 Å². The summed E-state index contributed by atoms with van der Waals surface area (Å²) in [5, 5.41) is 2.59. The van der Waals surface area contributed by atoms with Crippen molar-refractivity contribution in [1.29, 1.82) is 0 Å². The van der Waals surface area contributed by atoms with Crippen LogP contribution in [0.25, 0.3) is 0 Å². The molecule has 1 atom stereocenters. The van der Waals surface area contributed by atoms with Crippen LogP contribution in [0.2, 0.25) is 0 Å². The maximum Gasteiger partial charge on any atom is 0.224 e. The number of sulfonamides is 1. The van der Waals surface area contributed by atoms with E-state index in [1.807, 2.05) is 6.92 Å². The van der Waals surface area contributed by atoms with Gasteiger partial charge in [0.25, 0.3) is 0 Å². The zero-order chi connectivity index (χ0) is 13.3. The number of rotatable bonds is 9. The van der Waals surface area contributed by atoms with Gasteiger partial charge in [0.05, 0.1) is 11.7 Å². The fourth-order valence-electron chi connectivity index (χ4n) is 1.45. The fraction of sp³-hybridized carbons (Fsp3) is 0.900. The Hall–Kier alpha value is -0.660. The number of nitrogens with two attached hydrogens (primary N) is 1. The van der Waals surface area contributed by atoms with Crippen LogP contribution in [0.3, 0.4) is 0 Å². The highest BCUT2D eigenvalue weighted by molar-refractivity contribution is 7.89. The van der Waals surface area contributed by atoms with E-state index >= 15 is 0 Å². The van der Waals surface area contributed by atoms with E-state index < -0.39 is 10.0 Å². The summed E-state index contributed by atoms with van der Waals surface area (Å²) in [5.41, 5.74) is 5.47. The zero-order valence-corrected chi connectivity index (χ0v) is 11.3. The molecule has 102 valence electrons. The van der Waals surface area contributed by atoms with Crippen LogP contribution >= 0.6 is 0 Å². The summed E-state index contributed by atoms with van der Waals surface area (Å²) in [4.78, 5) is 11.6. The van der Waals surface area contributed by atoms with Gasteiger partial charge in [-0.1, -0.05) is 20.3 Å². The van der Waals surface area contributed by atoms with E-state index in [9.17, 15) is 13.2 Å². The van der Waals surface area contributed by atoms with E-state index in [0.29, 0.717) is 13.1 Å². The Kier molecular flexibility index (Phi) is 8.11. The van der Waals surface area contributed by atoms with Gasteiger partial charge in [0.1, 0.15) is 0 Å². The van der Waals surface area contributed by atoms with Crippen molar-refractivity contribution in [2.45, 2.75) is 26.7 Å². The van der Waals surface area contributed by atoms with Crippen LogP contribution in [0.4, 0.5) is 0 Å². The molecule has 0 rings (SSSR count). The molecule has 0 heterocycles. The minimum absolute atomic E-state index is 0.101. The first kappa shape index (κ1) is 16.3. The molecule has 0 aromatic carbocycles. The molecule has 17 heavy (non-hydrogen) atoms. The van der Waals surface area contributed by atoms with E-state index in [0.717, 1.165) is 12.8 Å². The molecule has 0 fully saturated rings. The topological polar surface area (TPSA) is 101 Å². The lowest BCUT2D eigenvalue weighted by Crippen LogP contribution is -2.39. The molecule has 1 amide bonds. The van der Waals surface area contributed by atoms with Crippen molar-refractivity contribution in [3.8, 4) is 0 Å². The molecule has 0 saturated heterocycles. The van der Waals surface area contributed by atoms with Gasteiger partial charge in [-0.3, -0.25) is 4.79 Å². The second kappa shape index (κ2) is 8.43. The number of amides is 1. The summed E-state index contributed by atoms with van der Waals surface area (Å²) < 4.78 is 24.9. The van der Waals surface area contributed by atoms with Crippen molar-refractivity contribution >= 4 is 15.9 Å². The van der Waals surface area contributed by atoms with Crippen LogP contribution in [-0.2, 0) is 14.8 Å². The van der Waals surface area contributed by atoms with Crippen LogP contribution in [0.5, 0.6) is 0 Å². The molecule has 0 aliphatic heterocycles. The second-order valence-corrected chi connectivity index (χ2v) is 5.76. The van der Waals surface area contributed by atoms with Gasteiger partial charge >= 0.3 is 0 Å². The van der Waals surface area contributed by atoms with E-state index in [2.05, 4.69) is 10.0 Å².